The number of carboxylic acids is 2. The quantitative estimate of drug-likeness (QED) is 0.0713. The third kappa shape index (κ3) is 14.6. The largest absolute Gasteiger partial charge is 0.481 e. The van der Waals surface area contributed by atoms with Crippen molar-refractivity contribution in [3.63, 3.8) is 0 Å². The minimum absolute atomic E-state index is 0.143. The van der Waals surface area contributed by atoms with Gasteiger partial charge in [-0.25, -0.2) is 0 Å². The molecule has 13 nitrogen and oxygen atoms in total. The van der Waals surface area contributed by atoms with Crippen molar-refractivity contribution in [2.45, 2.75) is 179 Å². The number of carbonyl (C=O) groups excluding carboxylic acids is 1. The molecule has 0 heterocycles. The fourth-order valence-corrected chi connectivity index (χ4v) is 7.28. The second-order valence-corrected chi connectivity index (χ2v) is 15.8. The van der Waals surface area contributed by atoms with E-state index in [-0.39, 0.29) is 24.8 Å². The van der Waals surface area contributed by atoms with Crippen molar-refractivity contribution in [3.8, 4) is 0 Å². The number of unbranched alkanes of at least 4 members (excludes halogenated alkanes) is 10. The Labute approximate surface area is 298 Å². The lowest BCUT2D eigenvalue weighted by atomic mass is 9.78. The predicted octanol–water partition coefficient (Wildman–Crippen LogP) is 3.40. The summed E-state index contributed by atoms with van der Waals surface area (Å²) in [4.78, 5) is 37.0. The summed E-state index contributed by atoms with van der Waals surface area (Å²) in [6.45, 7) is 8.64. The summed E-state index contributed by atoms with van der Waals surface area (Å²) in [5, 5.41) is 76.0. The summed E-state index contributed by atoms with van der Waals surface area (Å²) in [7, 11) is 0. The molecule has 8 N–H and O–H groups in total. The first kappa shape index (κ1) is 44.3. The molecule has 2 saturated carbocycles. The van der Waals surface area contributed by atoms with Crippen LogP contribution in [0.4, 0.5) is 0 Å². The second-order valence-electron chi connectivity index (χ2n) is 15.8. The number of hydrogen-bond acceptors (Lipinski definition) is 10. The topological polar surface area (TPSA) is 223 Å². The number of aliphatic carboxylic acids is 2. The highest BCUT2D eigenvalue weighted by Crippen LogP contribution is 2.36. The highest BCUT2D eigenvalue weighted by Gasteiger charge is 2.52. The van der Waals surface area contributed by atoms with Gasteiger partial charge in [0.2, 0.25) is 5.91 Å². The zero-order valence-corrected chi connectivity index (χ0v) is 30.8. The SMILES string of the molecule is CCCCCCCCCCCCO[C@@H]1C[C@H](C(=O)O)[C@@H](O[C@@H]2C[C@H](C(=O)NCCCC[C@H](CC(C)(C)C)C(=O)O)[C@@H](O)[C@H](O)[C@H]2O)[C@H](O)[C@H]1O. The molecule has 0 aliphatic heterocycles. The molecule has 0 bridgehead atoms. The van der Waals surface area contributed by atoms with E-state index >= 15 is 0 Å². The van der Waals surface area contributed by atoms with Crippen LogP contribution < -0.4 is 5.32 Å². The van der Waals surface area contributed by atoms with Crippen LogP contribution in [0.25, 0.3) is 0 Å². The summed E-state index contributed by atoms with van der Waals surface area (Å²) < 4.78 is 11.7. The molecule has 2 aliphatic rings. The van der Waals surface area contributed by atoms with E-state index in [1.54, 1.807) is 0 Å². The minimum Gasteiger partial charge on any atom is -0.481 e. The molecule has 0 aromatic heterocycles. The molecule has 11 atom stereocenters. The van der Waals surface area contributed by atoms with Gasteiger partial charge < -0.3 is 50.5 Å². The number of nitrogens with one attached hydrogen (secondary N) is 1. The summed E-state index contributed by atoms with van der Waals surface area (Å²) in [6.07, 6.45) is 0.999. The van der Waals surface area contributed by atoms with Gasteiger partial charge >= 0.3 is 11.9 Å². The molecular weight excluding hydrogens is 650 g/mol. The van der Waals surface area contributed by atoms with E-state index < -0.39 is 84.4 Å². The van der Waals surface area contributed by atoms with Crippen LogP contribution in [-0.4, -0.2) is 116 Å². The maximum absolute atomic E-state index is 13.1. The van der Waals surface area contributed by atoms with Gasteiger partial charge in [0.25, 0.3) is 0 Å². The van der Waals surface area contributed by atoms with Gasteiger partial charge in [-0.1, -0.05) is 91.9 Å². The summed E-state index contributed by atoms with van der Waals surface area (Å²) in [5.74, 6) is -5.78. The summed E-state index contributed by atoms with van der Waals surface area (Å²) >= 11 is 0. The number of rotatable bonds is 23. The molecule has 2 fully saturated rings. The average Bonchev–Trinajstić information content (AvgIpc) is 3.04. The van der Waals surface area contributed by atoms with Crippen LogP contribution in [0.5, 0.6) is 0 Å². The van der Waals surface area contributed by atoms with Crippen molar-refractivity contribution < 1.29 is 59.6 Å². The van der Waals surface area contributed by atoms with E-state index in [1.807, 2.05) is 20.8 Å². The molecule has 2 rings (SSSR count). The Morgan fingerprint density at radius 3 is 1.82 bits per heavy atom. The van der Waals surface area contributed by atoms with E-state index in [0.29, 0.717) is 32.3 Å². The minimum atomic E-state index is -1.79. The molecule has 1 amide bonds. The average molecular weight is 718 g/mol. The van der Waals surface area contributed by atoms with Gasteiger partial charge in [-0.2, -0.15) is 0 Å². The highest BCUT2D eigenvalue weighted by atomic mass is 16.5. The number of ether oxygens (including phenoxy) is 2. The normalized spacial score (nSPS) is 30.9. The van der Waals surface area contributed by atoms with E-state index in [0.717, 1.165) is 25.7 Å². The molecule has 0 unspecified atom stereocenters. The van der Waals surface area contributed by atoms with E-state index in [4.69, 9.17) is 9.47 Å². The van der Waals surface area contributed by atoms with Crippen LogP contribution in [0.1, 0.15) is 130 Å². The van der Waals surface area contributed by atoms with Crippen molar-refractivity contribution >= 4 is 17.8 Å². The van der Waals surface area contributed by atoms with Crippen LogP contribution in [0.3, 0.4) is 0 Å². The van der Waals surface area contributed by atoms with Gasteiger partial charge in [-0.3, -0.25) is 14.4 Å². The fraction of sp³-hybridized carbons (Fsp3) is 0.919. The highest BCUT2D eigenvalue weighted by molar-refractivity contribution is 5.79. The number of carbonyl (C=O) groups is 3. The molecule has 2 aliphatic carbocycles. The summed E-state index contributed by atoms with van der Waals surface area (Å²) in [5.41, 5.74) is -0.143. The molecule has 292 valence electrons. The number of amides is 1. The molecule has 0 aromatic carbocycles. The Morgan fingerprint density at radius 1 is 0.700 bits per heavy atom. The first-order valence-corrected chi connectivity index (χ1v) is 19.0. The smallest absolute Gasteiger partial charge is 0.309 e. The fourth-order valence-electron chi connectivity index (χ4n) is 7.28. The van der Waals surface area contributed by atoms with Gasteiger partial charge in [0.1, 0.15) is 24.4 Å². The third-order valence-corrected chi connectivity index (χ3v) is 10.2. The number of aliphatic hydroxyl groups excluding tert-OH is 5. The zero-order chi connectivity index (χ0) is 37.4. The molecule has 0 aromatic rings. The van der Waals surface area contributed by atoms with Crippen LogP contribution in [0.15, 0.2) is 0 Å². The van der Waals surface area contributed by atoms with Crippen molar-refractivity contribution in [1.29, 1.82) is 0 Å². The lowest BCUT2D eigenvalue weighted by molar-refractivity contribution is -0.237. The van der Waals surface area contributed by atoms with Gasteiger partial charge in [0.05, 0.1) is 42.2 Å². The molecule has 13 heteroatoms. The molecule has 0 radical (unpaired) electrons. The van der Waals surface area contributed by atoms with Crippen molar-refractivity contribution in [1.82, 2.24) is 5.32 Å². The monoisotopic (exact) mass is 717 g/mol. The van der Waals surface area contributed by atoms with Crippen LogP contribution in [0.2, 0.25) is 0 Å². The molecule has 0 spiro atoms. The van der Waals surface area contributed by atoms with Crippen molar-refractivity contribution in [2.24, 2.45) is 23.2 Å². The Bertz CT molecular complexity index is 1010. The Balaban J connectivity index is 1.88. The predicted molar refractivity (Wildman–Crippen MR) is 186 cm³/mol. The molecule has 0 saturated heterocycles. The third-order valence-electron chi connectivity index (χ3n) is 10.2. The number of carboxylic acid groups (broad SMARTS) is 2. The van der Waals surface area contributed by atoms with Gasteiger partial charge in [-0.05, 0) is 43.9 Å². The lowest BCUT2D eigenvalue weighted by Crippen LogP contribution is -2.62. The maximum Gasteiger partial charge on any atom is 0.309 e. The Hall–Kier alpha value is -1.87. The van der Waals surface area contributed by atoms with Gasteiger partial charge in [0, 0.05) is 13.2 Å². The van der Waals surface area contributed by atoms with Crippen LogP contribution in [-0.2, 0) is 23.9 Å². The molecule has 50 heavy (non-hydrogen) atoms. The first-order chi connectivity index (χ1) is 23.6. The Morgan fingerprint density at radius 2 is 1.26 bits per heavy atom. The van der Waals surface area contributed by atoms with Crippen molar-refractivity contribution in [2.75, 3.05) is 13.2 Å². The maximum atomic E-state index is 13.1. The van der Waals surface area contributed by atoms with Crippen molar-refractivity contribution in [3.05, 3.63) is 0 Å². The summed E-state index contributed by atoms with van der Waals surface area (Å²) in [6, 6.07) is 0. The van der Waals surface area contributed by atoms with Gasteiger partial charge in [-0.15, -0.1) is 0 Å². The zero-order valence-electron chi connectivity index (χ0n) is 30.8. The van der Waals surface area contributed by atoms with E-state index in [9.17, 15) is 50.1 Å². The second kappa shape index (κ2) is 22.3. The lowest BCUT2D eigenvalue weighted by Gasteiger charge is -2.45. The number of aliphatic hydroxyl groups is 5. The standard InChI is InChI=1S/C37H67NO12/c1-5-6-7-8-9-10-11-12-13-16-19-49-26-21-25(36(47)48)33(32(43)29(26)40)50-27-20-24(28(39)31(42)30(27)41)34(44)38-18-15-14-17-23(35(45)46)22-37(2,3)4/h23-33,39-43H,5-22H2,1-4H3,(H,38,44)(H,45,46)(H,47,48)/t23-,24+,25+,26-,27-,28-,29+,30+,31+,32-,33-/m1/s1. The van der Waals surface area contributed by atoms with E-state index in [1.165, 1.54) is 38.5 Å². The van der Waals surface area contributed by atoms with Gasteiger partial charge in [0.15, 0.2) is 0 Å². The van der Waals surface area contributed by atoms with Crippen LogP contribution >= 0.6 is 0 Å². The molecular formula is C37H67NO12. The van der Waals surface area contributed by atoms with E-state index in [2.05, 4.69) is 12.2 Å². The first-order valence-electron chi connectivity index (χ1n) is 19.0. The van der Waals surface area contributed by atoms with Crippen LogP contribution in [0, 0.1) is 23.2 Å². The number of hydrogen-bond donors (Lipinski definition) is 8. The Kier molecular flexibility index (Phi) is 19.7.